The molecule has 1 aliphatic carbocycles. The molecular formula is C16H18N4O2. The fourth-order valence-corrected chi connectivity index (χ4v) is 4.51. The summed E-state index contributed by atoms with van der Waals surface area (Å²) >= 11 is 0. The summed E-state index contributed by atoms with van der Waals surface area (Å²) in [5, 5.41) is 38.0. The Morgan fingerprint density at radius 2 is 1.86 bits per heavy atom. The van der Waals surface area contributed by atoms with Crippen LogP contribution in [0.2, 0.25) is 0 Å². The van der Waals surface area contributed by atoms with Crippen molar-refractivity contribution in [2.75, 3.05) is 0 Å². The summed E-state index contributed by atoms with van der Waals surface area (Å²) in [6, 6.07) is 6.32. The maximum atomic E-state index is 9.89. The molecule has 0 radical (unpaired) electrons. The Labute approximate surface area is 129 Å². The van der Waals surface area contributed by atoms with Crippen molar-refractivity contribution in [2.24, 2.45) is 22.7 Å². The van der Waals surface area contributed by atoms with Crippen molar-refractivity contribution in [3.05, 3.63) is 0 Å². The highest BCUT2D eigenvalue weighted by Gasteiger charge is 2.80. The smallest absolute Gasteiger partial charge is 0.217 e. The molecule has 1 N–H and O–H groups in total. The van der Waals surface area contributed by atoms with Gasteiger partial charge in [0, 0.05) is 6.42 Å². The van der Waals surface area contributed by atoms with E-state index in [4.69, 9.17) is 14.9 Å². The van der Waals surface area contributed by atoms with Gasteiger partial charge in [-0.3, -0.25) is 5.41 Å². The summed E-state index contributed by atoms with van der Waals surface area (Å²) < 4.78 is 11.9. The third kappa shape index (κ3) is 1.33. The van der Waals surface area contributed by atoms with E-state index in [1.807, 2.05) is 13.8 Å². The molecule has 3 heterocycles. The number of nitriles is 3. The van der Waals surface area contributed by atoms with Crippen molar-refractivity contribution in [1.29, 1.82) is 21.2 Å². The van der Waals surface area contributed by atoms with Gasteiger partial charge in [0.2, 0.25) is 11.7 Å². The zero-order chi connectivity index (χ0) is 16.2. The first-order valence-corrected chi connectivity index (χ1v) is 7.63. The number of nitrogens with zero attached hydrogens (tertiary/aromatic N) is 3. The van der Waals surface area contributed by atoms with Gasteiger partial charge in [0.05, 0.1) is 30.2 Å². The van der Waals surface area contributed by atoms with E-state index < -0.39 is 28.6 Å². The van der Waals surface area contributed by atoms with Crippen LogP contribution in [0.4, 0.5) is 0 Å². The van der Waals surface area contributed by atoms with E-state index in [-0.39, 0.29) is 11.8 Å². The normalized spacial score (nSPS) is 41.7. The fraction of sp³-hybridized carbons (Fsp3) is 0.750. The molecule has 0 amide bonds. The molecular weight excluding hydrogens is 280 g/mol. The number of hydrogen-bond acceptors (Lipinski definition) is 6. The van der Waals surface area contributed by atoms with Gasteiger partial charge in [-0.15, -0.1) is 0 Å². The first-order chi connectivity index (χ1) is 10.4. The van der Waals surface area contributed by atoms with Gasteiger partial charge < -0.3 is 9.47 Å². The Morgan fingerprint density at radius 3 is 2.41 bits per heavy atom. The molecule has 0 aromatic heterocycles. The Bertz CT molecular complexity index is 639. The molecule has 114 valence electrons. The second-order valence-corrected chi connectivity index (χ2v) is 6.78. The van der Waals surface area contributed by atoms with Crippen LogP contribution in [0.5, 0.6) is 0 Å². The van der Waals surface area contributed by atoms with Crippen LogP contribution in [0.25, 0.3) is 0 Å². The summed E-state index contributed by atoms with van der Waals surface area (Å²) in [5.74, 6) is -1.98. The number of fused-ring (bicyclic) bond motifs is 2. The minimum absolute atomic E-state index is 0.107. The van der Waals surface area contributed by atoms with E-state index in [1.165, 1.54) is 0 Å². The van der Waals surface area contributed by atoms with Gasteiger partial charge in [0.25, 0.3) is 0 Å². The molecule has 1 saturated carbocycles. The van der Waals surface area contributed by atoms with E-state index in [0.29, 0.717) is 12.8 Å². The first kappa shape index (κ1) is 14.8. The molecule has 2 bridgehead atoms. The van der Waals surface area contributed by atoms with E-state index in [9.17, 15) is 15.8 Å². The van der Waals surface area contributed by atoms with Crippen molar-refractivity contribution in [1.82, 2.24) is 0 Å². The number of rotatable bonds is 1. The maximum absolute atomic E-state index is 9.89. The monoisotopic (exact) mass is 298 g/mol. The van der Waals surface area contributed by atoms with Crippen LogP contribution in [-0.2, 0) is 9.47 Å². The lowest BCUT2D eigenvalue weighted by molar-refractivity contribution is -0.364. The number of hydrogen-bond donors (Lipinski definition) is 1. The maximum Gasteiger partial charge on any atom is 0.217 e. The third-order valence-corrected chi connectivity index (χ3v) is 5.46. The van der Waals surface area contributed by atoms with Crippen LogP contribution in [0.3, 0.4) is 0 Å². The second-order valence-electron chi connectivity index (χ2n) is 6.78. The van der Waals surface area contributed by atoms with E-state index in [1.54, 1.807) is 0 Å². The molecule has 4 rings (SSSR count). The molecule has 6 nitrogen and oxygen atoms in total. The standard InChI is InChI=1S/C16H18N4O2/c1-10(2)12-15(9-19)13(20)22-16(21-12)6-4-3-5-11(16)14(15,7-17)8-18/h10-12,20H,3-6H2,1-2H3/t11-,12-,15-,16-/m1/s1. The molecule has 4 aliphatic rings. The average Bonchev–Trinajstić information content (AvgIpc) is 2.52. The molecule has 1 spiro atoms. The zero-order valence-corrected chi connectivity index (χ0v) is 12.7. The van der Waals surface area contributed by atoms with Gasteiger partial charge in [0.1, 0.15) is 0 Å². The molecule has 3 aliphatic heterocycles. The van der Waals surface area contributed by atoms with Crippen molar-refractivity contribution in [3.8, 4) is 18.2 Å². The number of ether oxygens (including phenoxy) is 2. The van der Waals surface area contributed by atoms with E-state index >= 15 is 0 Å². The highest BCUT2D eigenvalue weighted by molar-refractivity contribution is 5.88. The number of nitrogens with one attached hydrogen (secondary N) is 1. The van der Waals surface area contributed by atoms with Gasteiger partial charge >= 0.3 is 0 Å². The quantitative estimate of drug-likeness (QED) is 0.798. The molecule has 4 fully saturated rings. The van der Waals surface area contributed by atoms with Crippen LogP contribution < -0.4 is 0 Å². The SMILES string of the molecule is CC(C)[C@H]1O[C@@]23CCCC[C@@H]2C(C#N)(C#N)[C@@]1(C#N)C(=N)O3. The van der Waals surface area contributed by atoms with Crippen LogP contribution in [0.15, 0.2) is 0 Å². The fourth-order valence-electron chi connectivity index (χ4n) is 4.51. The lowest BCUT2D eigenvalue weighted by atomic mass is 9.48. The summed E-state index contributed by atoms with van der Waals surface area (Å²) in [6.07, 6.45) is 2.19. The van der Waals surface area contributed by atoms with Crippen molar-refractivity contribution >= 4 is 5.90 Å². The van der Waals surface area contributed by atoms with Crippen LogP contribution >= 0.6 is 0 Å². The lowest BCUT2D eigenvalue weighted by Gasteiger charge is -2.64. The Hall–Kier alpha value is -2.10. The summed E-state index contributed by atoms with van der Waals surface area (Å²) in [7, 11) is 0. The van der Waals surface area contributed by atoms with Crippen molar-refractivity contribution in [3.63, 3.8) is 0 Å². The topological polar surface area (TPSA) is 114 Å². The first-order valence-electron chi connectivity index (χ1n) is 7.63. The van der Waals surface area contributed by atoms with E-state index in [2.05, 4.69) is 18.2 Å². The molecule has 6 heteroatoms. The minimum Gasteiger partial charge on any atom is -0.447 e. The molecule has 0 aromatic rings. The van der Waals surface area contributed by atoms with Crippen LogP contribution in [0.1, 0.15) is 39.5 Å². The Morgan fingerprint density at radius 1 is 1.18 bits per heavy atom. The van der Waals surface area contributed by atoms with Gasteiger partial charge in [-0.1, -0.05) is 20.3 Å². The van der Waals surface area contributed by atoms with Crippen molar-refractivity contribution in [2.45, 2.75) is 51.4 Å². The van der Waals surface area contributed by atoms with Crippen LogP contribution in [-0.4, -0.2) is 17.8 Å². The van der Waals surface area contributed by atoms with Gasteiger partial charge in [-0.25, -0.2) is 0 Å². The van der Waals surface area contributed by atoms with Crippen molar-refractivity contribution < 1.29 is 9.47 Å². The van der Waals surface area contributed by atoms with Gasteiger partial charge in [-0.2, -0.15) is 15.8 Å². The summed E-state index contributed by atoms with van der Waals surface area (Å²) in [4.78, 5) is 0. The predicted molar refractivity (Wildman–Crippen MR) is 74.9 cm³/mol. The lowest BCUT2D eigenvalue weighted by Crippen LogP contribution is -2.76. The predicted octanol–water partition coefficient (Wildman–Crippen LogP) is 2.48. The van der Waals surface area contributed by atoms with E-state index in [0.717, 1.165) is 12.8 Å². The highest BCUT2D eigenvalue weighted by Crippen LogP contribution is 2.66. The van der Waals surface area contributed by atoms with Gasteiger partial charge in [-0.05, 0) is 18.8 Å². The van der Waals surface area contributed by atoms with Gasteiger partial charge in [0.15, 0.2) is 10.8 Å². The second kappa shape index (κ2) is 4.45. The summed E-state index contributed by atoms with van der Waals surface area (Å²) in [5.41, 5.74) is -3.25. The Kier molecular flexibility index (Phi) is 3.00. The molecule has 22 heavy (non-hydrogen) atoms. The average molecular weight is 298 g/mol. The largest absolute Gasteiger partial charge is 0.447 e. The molecule has 3 saturated heterocycles. The highest BCUT2D eigenvalue weighted by atomic mass is 16.7. The minimum atomic E-state index is -1.66. The van der Waals surface area contributed by atoms with Crippen LogP contribution in [0, 0.1) is 62.1 Å². The Balaban J connectivity index is 2.32. The molecule has 0 unspecified atom stereocenters. The third-order valence-electron chi connectivity index (χ3n) is 5.46. The zero-order valence-electron chi connectivity index (χ0n) is 12.7. The molecule has 0 aromatic carbocycles. The molecule has 4 atom stereocenters. The summed E-state index contributed by atoms with van der Waals surface area (Å²) in [6.45, 7) is 3.76.